The molecule has 1 aliphatic heterocycles. The fraction of sp³-hybridized carbons (Fsp3) is 0.464. The van der Waals surface area contributed by atoms with Crippen molar-refractivity contribution in [3.63, 3.8) is 0 Å². The lowest BCUT2D eigenvalue weighted by molar-refractivity contribution is 0.170. The zero-order chi connectivity index (χ0) is 22.6. The zero-order valence-corrected chi connectivity index (χ0v) is 19.5. The predicted octanol–water partition coefficient (Wildman–Crippen LogP) is 5.01. The van der Waals surface area contributed by atoms with E-state index in [1.54, 1.807) is 13.2 Å². The number of methoxy groups -OCH3 is 1. The Labute approximate surface area is 195 Å². The van der Waals surface area contributed by atoms with Gasteiger partial charge < -0.3 is 18.8 Å². The third kappa shape index (κ3) is 4.93. The van der Waals surface area contributed by atoms with Crippen molar-refractivity contribution < 1.29 is 13.9 Å². The van der Waals surface area contributed by atoms with Crippen molar-refractivity contribution in [3.8, 4) is 11.5 Å². The number of nitrogens with zero attached hydrogens (tertiary/aromatic N) is 1. The van der Waals surface area contributed by atoms with Gasteiger partial charge in [0.15, 0.2) is 11.5 Å². The van der Waals surface area contributed by atoms with Crippen LogP contribution in [-0.2, 0) is 19.3 Å². The minimum absolute atomic E-state index is 0.210. The lowest BCUT2D eigenvalue weighted by Crippen LogP contribution is -2.35. The topological polar surface area (TPSA) is 51.9 Å². The van der Waals surface area contributed by atoms with Crippen LogP contribution in [0.15, 0.2) is 51.7 Å². The first-order valence-corrected chi connectivity index (χ1v) is 12.3. The van der Waals surface area contributed by atoms with Gasteiger partial charge in [-0.15, -0.1) is 0 Å². The van der Waals surface area contributed by atoms with E-state index in [2.05, 4.69) is 35.2 Å². The monoisotopic (exact) mass is 447 g/mol. The highest BCUT2D eigenvalue weighted by Crippen LogP contribution is 2.36. The SMILES string of the molecule is COc1cc2oc(=O)c3c(c2cc1OCCCN1CCC(Cc2ccccc2)CC1)CCC3. The van der Waals surface area contributed by atoms with Gasteiger partial charge in [0.1, 0.15) is 5.58 Å². The van der Waals surface area contributed by atoms with Crippen LogP contribution in [0.25, 0.3) is 11.0 Å². The molecule has 1 aliphatic carbocycles. The van der Waals surface area contributed by atoms with Gasteiger partial charge in [-0.2, -0.15) is 0 Å². The molecule has 2 aliphatic rings. The Kier molecular flexibility index (Phi) is 6.68. The average Bonchev–Trinajstić information content (AvgIpc) is 3.34. The summed E-state index contributed by atoms with van der Waals surface area (Å²) in [7, 11) is 1.62. The molecule has 0 atom stereocenters. The van der Waals surface area contributed by atoms with Gasteiger partial charge >= 0.3 is 5.63 Å². The summed E-state index contributed by atoms with van der Waals surface area (Å²) in [5.41, 5.74) is 3.78. The number of piperidine rings is 1. The highest BCUT2D eigenvalue weighted by molar-refractivity contribution is 5.85. The number of ether oxygens (including phenoxy) is 2. The van der Waals surface area contributed by atoms with Gasteiger partial charge in [-0.1, -0.05) is 30.3 Å². The number of hydrogen-bond acceptors (Lipinski definition) is 5. The fourth-order valence-corrected chi connectivity index (χ4v) is 5.39. The van der Waals surface area contributed by atoms with Gasteiger partial charge in [-0.3, -0.25) is 0 Å². The van der Waals surface area contributed by atoms with Crippen molar-refractivity contribution in [1.29, 1.82) is 0 Å². The molecule has 0 saturated carbocycles. The molecule has 1 aromatic heterocycles. The summed E-state index contributed by atoms with van der Waals surface area (Å²) in [5.74, 6) is 2.14. The Hall–Kier alpha value is -2.79. The maximum absolute atomic E-state index is 12.2. The normalized spacial score (nSPS) is 16.8. The first-order valence-electron chi connectivity index (χ1n) is 12.3. The van der Waals surface area contributed by atoms with E-state index < -0.39 is 0 Å². The van der Waals surface area contributed by atoms with Crippen LogP contribution in [0, 0.1) is 5.92 Å². The van der Waals surface area contributed by atoms with E-state index in [1.807, 2.05) is 6.07 Å². The van der Waals surface area contributed by atoms with E-state index in [1.165, 1.54) is 37.9 Å². The number of likely N-dealkylation sites (tertiary alicyclic amines) is 1. The lowest BCUT2D eigenvalue weighted by atomic mass is 9.90. The molecular formula is C28H33NO4. The largest absolute Gasteiger partial charge is 0.493 e. The van der Waals surface area contributed by atoms with Crippen LogP contribution in [0.1, 0.15) is 42.4 Å². The van der Waals surface area contributed by atoms with E-state index in [-0.39, 0.29) is 5.63 Å². The molecule has 2 heterocycles. The van der Waals surface area contributed by atoms with E-state index in [0.29, 0.717) is 17.9 Å². The molecule has 0 radical (unpaired) electrons. The van der Waals surface area contributed by atoms with Crippen LogP contribution < -0.4 is 15.1 Å². The van der Waals surface area contributed by atoms with Crippen molar-refractivity contribution in [1.82, 2.24) is 4.90 Å². The summed E-state index contributed by atoms with van der Waals surface area (Å²) in [6, 6.07) is 14.6. The molecule has 3 aromatic rings. The summed E-state index contributed by atoms with van der Waals surface area (Å²) in [4.78, 5) is 14.8. The second-order valence-corrected chi connectivity index (χ2v) is 9.38. The summed E-state index contributed by atoms with van der Waals surface area (Å²) in [5, 5.41) is 0.985. The molecule has 5 rings (SSSR count). The van der Waals surface area contributed by atoms with Gasteiger partial charge in [-0.25, -0.2) is 4.79 Å². The van der Waals surface area contributed by atoms with E-state index in [4.69, 9.17) is 13.9 Å². The van der Waals surface area contributed by atoms with Crippen LogP contribution in [0.3, 0.4) is 0 Å². The van der Waals surface area contributed by atoms with Gasteiger partial charge in [-0.05, 0) is 81.1 Å². The lowest BCUT2D eigenvalue weighted by Gasteiger charge is -2.32. The van der Waals surface area contributed by atoms with Gasteiger partial charge in [0.05, 0.1) is 13.7 Å². The molecule has 5 nitrogen and oxygen atoms in total. The van der Waals surface area contributed by atoms with Crippen LogP contribution in [-0.4, -0.2) is 38.3 Å². The maximum Gasteiger partial charge on any atom is 0.339 e. The third-order valence-corrected chi connectivity index (χ3v) is 7.21. The van der Waals surface area contributed by atoms with Crippen LogP contribution in [0.2, 0.25) is 0 Å². The Bertz CT molecular complexity index is 1150. The molecule has 0 amide bonds. The minimum atomic E-state index is -0.210. The van der Waals surface area contributed by atoms with Crippen molar-refractivity contribution in [2.45, 2.75) is 44.9 Å². The Morgan fingerprint density at radius 2 is 1.82 bits per heavy atom. The maximum atomic E-state index is 12.2. The van der Waals surface area contributed by atoms with E-state index >= 15 is 0 Å². The molecule has 0 spiro atoms. The Morgan fingerprint density at radius 1 is 1.03 bits per heavy atom. The smallest absolute Gasteiger partial charge is 0.339 e. The van der Waals surface area contributed by atoms with Gasteiger partial charge in [0.2, 0.25) is 0 Å². The number of fused-ring (bicyclic) bond motifs is 3. The molecule has 2 aromatic carbocycles. The van der Waals surface area contributed by atoms with Gasteiger partial charge in [0, 0.05) is 23.6 Å². The molecule has 33 heavy (non-hydrogen) atoms. The predicted molar refractivity (Wildman–Crippen MR) is 130 cm³/mol. The molecule has 5 heteroatoms. The molecule has 0 bridgehead atoms. The molecule has 1 saturated heterocycles. The molecule has 1 fully saturated rings. The number of rotatable bonds is 8. The summed E-state index contributed by atoms with van der Waals surface area (Å²) in [6.07, 6.45) is 7.44. The Balaban J connectivity index is 1.14. The van der Waals surface area contributed by atoms with Crippen molar-refractivity contribution in [3.05, 3.63) is 69.6 Å². The average molecular weight is 448 g/mol. The van der Waals surface area contributed by atoms with Crippen LogP contribution in [0.4, 0.5) is 0 Å². The van der Waals surface area contributed by atoms with Crippen LogP contribution >= 0.6 is 0 Å². The van der Waals surface area contributed by atoms with Crippen molar-refractivity contribution >= 4 is 11.0 Å². The quantitative estimate of drug-likeness (QED) is 0.359. The standard InChI is InChI=1S/C28H33NO4/c1-31-26-19-25-24(22-9-5-10-23(22)28(30)33-25)18-27(26)32-16-6-13-29-14-11-21(12-15-29)17-20-7-3-2-4-8-20/h2-4,7-8,18-19,21H,5-6,9-17H2,1H3. The Morgan fingerprint density at radius 3 is 2.61 bits per heavy atom. The van der Waals surface area contributed by atoms with Crippen molar-refractivity contribution in [2.75, 3.05) is 33.4 Å². The van der Waals surface area contributed by atoms with E-state index in [0.717, 1.165) is 60.4 Å². The van der Waals surface area contributed by atoms with E-state index in [9.17, 15) is 4.79 Å². The number of aryl methyl sites for hydroxylation is 1. The molecule has 174 valence electrons. The highest BCUT2D eigenvalue weighted by atomic mass is 16.5. The fourth-order valence-electron chi connectivity index (χ4n) is 5.39. The second kappa shape index (κ2) is 10.0. The minimum Gasteiger partial charge on any atom is -0.493 e. The highest BCUT2D eigenvalue weighted by Gasteiger charge is 2.22. The van der Waals surface area contributed by atoms with Crippen LogP contribution in [0.5, 0.6) is 11.5 Å². The summed E-state index contributed by atoms with van der Waals surface area (Å²) in [6.45, 7) is 4.03. The molecular weight excluding hydrogens is 414 g/mol. The first-order chi connectivity index (χ1) is 16.2. The summed E-state index contributed by atoms with van der Waals surface area (Å²) < 4.78 is 17.2. The number of hydrogen-bond donors (Lipinski definition) is 0. The molecule has 0 N–H and O–H groups in total. The first kappa shape index (κ1) is 22.0. The van der Waals surface area contributed by atoms with Gasteiger partial charge in [0.25, 0.3) is 0 Å². The third-order valence-electron chi connectivity index (χ3n) is 7.21. The molecule has 0 unspecified atom stereocenters. The summed E-state index contributed by atoms with van der Waals surface area (Å²) >= 11 is 0. The second-order valence-electron chi connectivity index (χ2n) is 9.38. The van der Waals surface area contributed by atoms with Crippen molar-refractivity contribution in [2.24, 2.45) is 5.92 Å². The zero-order valence-electron chi connectivity index (χ0n) is 19.5. The number of benzene rings is 2.